The molecular formula is C14H16BrFN2S2. The number of benzene rings is 1. The molecule has 20 heavy (non-hydrogen) atoms. The summed E-state index contributed by atoms with van der Waals surface area (Å²) in [6.07, 6.45) is 3.62. The van der Waals surface area contributed by atoms with Crippen molar-refractivity contribution in [2.45, 2.75) is 37.5 Å². The Labute approximate surface area is 135 Å². The normalized spacial score (nSPS) is 22.8. The molecule has 1 N–H and O–H groups in total. The van der Waals surface area contributed by atoms with Gasteiger partial charge >= 0.3 is 0 Å². The molecular weight excluding hydrogens is 359 g/mol. The van der Waals surface area contributed by atoms with Crippen LogP contribution in [0.1, 0.15) is 32.2 Å². The smallest absolute Gasteiger partial charge is 0.178 e. The number of nitrogens with one attached hydrogen (secondary N) is 1. The number of hydrogen-bond acceptors (Lipinski definition) is 2. The molecule has 108 valence electrons. The van der Waals surface area contributed by atoms with Crippen LogP contribution in [0.25, 0.3) is 11.0 Å². The Balaban J connectivity index is 2.13. The van der Waals surface area contributed by atoms with Crippen LogP contribution in [0.5, 0.6) is 0 Å². The number of fused-ring (bicyclic) bond motifs is 1. The molecule has 1 aliphatic rings. The Hall–Kier alpha value is -0.330. The van der Waals surface area contributed by atoms with E-state index in [1.807, 2.05) is 17.8 Å². The second-order valence-corrected chi connectivity index (χ2v) is 7.83. The molecule has 0 spiro atoms. The first-order valence-electron chi connectivity index (χ1n) is 6.82. The maximum atomic E-state index is 13.7. The first-order valence-corrected chi connectivity index (χ1v) is 9.07. The van der Waals surface area contributed by atoms with E-state index in [-0.39, 0.29) is 5.82 Å². The van der Waals surface area contributed by atoms with Crippen LogP contribution in [0.4, 0.5) is 4.39 Å². The standard InChI is InChI=1S/C14H16BrFN2S2/c1-2-20-13-5-3-4-11(13)18-12-6-8(15)9(16)7-10(12)17-14(18)19/h6-7,11,13H,2-5H2,1H3,(H,17,19). The van der Waals surface area contributed by atoms with E-state index in [1.54, 1.807) is 0 Å². The first-order chi connectivity index (χ1) is 9.61. The number of rotatable bonds is 3. The van der Waals surface area contributed by atoms with Gasteiger partial charge in [-0.3, -0.25) is 0 Å². The molecule has 1 saturated carbocycles. The van der Waals surface area contributed by atoms with E-state index in [1.165, 1.54) is 18.9 Å². The first kappa shape index (κ1) is 14.6. The third kappa shape index (κ3) is 2.46. The Morgan fingerprint density at radius 2 is 2.30 bits per heavy atom. The zero-order valence-corrected chi connectivity index (χ0v) is 14.4. The minimum absolute atomic E-state index is 0.258. The van der Waals surface area contributed by atoms with Gasteiger partial charge < -0.3 is 9.55 Å². The number of imidazole rings is 1. The molecule has 1 aromatic carbocycles. The molecule has 0 radical (unpaired) electrons. The van der Waals surface area contributed by atoms with Gasteiger partial charge in [-0.25, -0.2) is 4.39 Å². The molecule has 2 unspecified atom stereocenters. The topological polar surface area (TPSA) is 20.7 Å². The SMILES string of the molecule is CCSC1CCCC1n1c(=S)[nH]c2cc(F)c(Br)cc21. The average molecular weight is 375 g/mol. The highest BCUT2D eigenvalue weighted by molar-refractivity contribution is 9.10. The molecule has 1 aliphatic carbocycles. The maximum absolute atomic E-state index is 13.7. The molecule has 0 bridgehead atoms. The van der Waals surface area contributed by atoms with E-state index in [4.69, 9.17) is 12.2 Å². The third-order valence-corrected chi connectivity index (χ3v) is 6.11. The number of nitrogens with zero attached hydrogens (tertiary/aromatic N) is 1. The third-order valence-electron chi connectivity index (χ3n) is 3.89. The minimum Gasteiger partial charge on any atom is -0.330 e. The van der Waals surface area contributed by atoms with E-state index >= 15 is 0 Å². The van der Waals surface area contributed by atoms with Crippen molar-refractivity contribution in [1.82, 2.24) is 9.55 Å². The quantitative estimate of drug-likeness (QED) is 0.721. The van der Waals surface area contributed by atoms with Gasteiger partial charge in [-0.15, -0.1) is 0 Å². The second-order valence-electron chi connectivity index (χ2n) is 5.08. The van der Waals surface area contributed by atoms with Crippen LogP contribution in [0.3, 0.4) is 0 Å². The predicted octanol–water partition coefficient (Wildman–Crippen LogP) is 5.45. The van der Waals surface area contributed by atoms with Gasteiger partial charge in [0, 0.05) is 17.4 Å². The number of halogens is 2. The molecule has 2 atom stereocenters. The fourth-order valence-electron chi connectivity index (χ4n) is 3.06. The van der Waals surface area contributed by atoms with Crippen LogP contribution < -0.4 is 0 Å². The largest absolute Gasteiger partial charge is 0.330 e. The Bertz CT molecular complexity index is 694. The Kier molecular flexibility index (Phi) is 4.24. The highest BCUT2D eigenvalue weighted by Gasteiger charge is 2.30. The van der Waals surface area contributed by atoms with Crippen molar-refractivity contribution in [3.8, 4) is 0 Å². The monoisotopic (exact) mass is 374 g/mol. The Morgan fingerprint density at radius 3 is 3.05 bits per heavy atom. The van der Waals surface area contributed by atoms with Gasteiger partial charge in [-0.2, -0.15) is 11.8 Å². The van der Waals surface area contributed by atoms with Crippen molar-refractivity contribution in [2.24, 2.45) is 0 Å². The lowest BCUT2D eigenvalue weighted by Gasteiger charge is -2.21. The van der Waals surface area contributed by atoms with Gasteiger partial charge in [0.2, 0.25) is 0 Å². The highest BCUT2D eigenvalue weighted by Crippen LogP contribution is 2.40. The van der Waals surface area contributed by atoms with Crippen molar-refractivity contribution in [1.29, 1.82) is 0 Å². The predicted molar refractivity (Wildman–Crippen MR) is 89.6 cm³/mol. The summed E-state index contributed by atoms with van der Waals surface area (Å²) in [6.45, 7) is 2.19. The fourth-order valence-corrected chi connectivity index (χ4v) is 4.98. The lowest BCUT2D eigenvalue weighted by molar-refractivity contribution is 0.536. The van der Waals surface area contributed by atoms with Crippen LogP contribution in [-0.2, 0) is 0 Å². The summed E-state index contributed by atoms with van der Waals surface area (Å²) < 4.78 is 17.0. The maximum Gasteiger partial charge on any atom is 0.178 e. The minimum atomic E-state index is -0.258. The van der Waals surface area contributed by atoms with Gasteiger partial charge in [0.05, 0.1) is 15.5 Å². The van der Waals surface area contributed by atoms with Crippen molar-refractivity contribution in [3.05, 3.63) is 27.2 Å². The molecule has 6 heteroatoms. The highest BCUT2D eigenvalue weighted by atomic mass is 79.9. The summed E-state index contributed by atoms with van der Waals surface area (Å²) in [7, 11) is 0. The lowest BCUT2D eigenvalue weighted by Crippen LogP contribution is -2.16. The summed E-state index contributed by atoms with van der Waals surface area (Å²) in [5.74, 6) is 0.863. The van der Waals surface area contributed by atoms with E-state index in [9.17, 15) is 4.39 Å². The van der Waals surface area contributed by atoms with E-state index in [0.29, 0.717) is 20.5 Å². The van der Waals surface area contributed by atoms with Crippen molar-refractivity contribution >= 4 is 50.9 Å². The van der Waals surface area contributed by atoms with Gasteiger partial charge in [0.15, 0.2) is 4.77 Å². The molecule has 1 heterocycles. The number of H-pyrrole nitrogens is 1. The molecule has 2 nitrogen and oxygen atoms in total. The summed E-state index contributed by atoms with van der Waals surface area (Å²) in [4.78, 5) is 3.14. The zero-order chi connectivity index (χ0) is 14.3. The van der Waals surface area contributed by atoms with Crippen LogP contribution in [-0.4, -0.2) is 20.6 Å². The van der Waals surface area contributed by atoms with E-state index < -0.39 is 0 Å². The van der Waals surface area contributed by atoms with E-state index in [0.717, 1.165) is 23.2 Å². The van der Waals surface area contributed by atoms with Crippen molar-refractivity contribution in [2.75, 3.05) is 5.75 Å². The van der Waals surface area contributed by atoms with Gasteiger partial charge in [-0.1, -0.05) is 13.3 Å². The lowest BCUT2D eigenvalue weighted by atomic mass is 10.2. The number of hydrogen-bond donors (Lipinski definition) is 1. The summed E-state index contributed by atoms with van der Waals surface area (Å²) in [5, 5.41) is 0.606. The van der Waals surface area contributed by atoms with Crippen LogP contribution in [0.2, 0.25) is 0 Å². The second kappa shape index (κ2) is 5.81. The average Bonchev–Trinajstić information content (AvgIpc) is 2.95. The van der Waals surface area contributed by atoms with Crippen LogP contribution >= 0.6 is 39.9 Å². The van der Waals surface area contributed by atoms with Crippen LogP contribution in [0.15, 0.2) is 16.6 Å². The van der Waals surface area contributed by atoms with Gasteiger partial charge in [-0.05, 0) is 52.8 Å². The van der Waals surface area contributed by atoms with Gasteiger partial charge in [0.1, 0.15) is 5.82 Å². The van der Waals surface area contributed by atoms with Gasteiger partial charge in [0.25, 0.3) is 0 Å². The zero-order valence-electron chi connectivity index (χ0n) is 11.2. The van der Waals surface area contributed by atoms with Crippen molar-refractivity contribution < 1.29 is 4.39 Å². The molecule has 0 saturated heterocycles. The molecule has 0 aliphatic heterocycles. The van der Waals surface area contributed by atoms with Crippen LogP contribution in [0, 0.1) is 10.6 Å². The molecule has 3 rings (SSSR count). The number of thioether (sulfide) groups is 1. The fraction of sp³-hybridized carbons (Fsp3) is 0.500. The van der Waals surface area contributed by atoms with Crippen molar-refractivity contribution in [3.63, 3.8) is 0 Å². The Morgan fingerprint density at radius 1 is 1.50 bits per heavy atom. The molecule has 1 fully saturated rings. The number of aromatic amines is 1. The molecule has 2 aromatic rings. The van der Waals surface area contributed by atoms with E-state index in [2.05, 4.69) is 32.4 Å². The molecule has 0 amide bonds. The number of aromatic nitrogens is 2. The summed E-state index contributed by atoms with van der Waals surface area (Å²) >= 11 is 10.7. The molecule has 1 aromatic heterocycles. The summed E-state index contributed by atoms with van der Waals surface area (Å²) in [5.41, 5.74) is 1.78. The summed E-state index contributed by atoms with van der Waals surface area (Å²) in [6, 6.07) is 3.77.